The number of rotatable bonds is 4. The Balaban J connectivity index is 2.57. The fraction of sp³-hybridized carbons (Fsp3) is 0.786. The lowest BCUT2D eigenvalue weighted by atomic mass is 9.86. The molecule has 1 aliphatic rings. The summed E-state index contributed by atoms with van der Waals surface area (Å²) in [5.41, 5.74) is -0.948. The second-order valence-electron chi connectivity index (χ2n) is 5.12. The molecule has 106 valence electrons. The summed E-state index contributed by atoms with van der Waals surface area (Å²) in [5.74, 6) is -0.410. The first-order valence-electron chi connectivity index (χ1n) is 6.85. The number of hydrogen-bond acceptors (Lipinski definition) is 4. The van der Waals surface area contributed by atoms with Gasteiger partial charge in [-0.2, -0.15) is 5.26 Å². The van der Waals surface area contributed by atoms with Crippen LogP contribution < -0.4 is 0 Å². The van der Waals surface area contributed by atoms with Gasteiger partial charge in [0.25, 0.3) is 0 Å². The van der Waals surface area contributed by atoms with Gasteiger partial charge in [-0.15, -0.1) is 0 Å². The van der Waals surface area contributed by atoms with Crippen molar-refractivity contribution in [3.05, 3.63) is 0 Å². The van der Waals surface area contributed by atoms with Crippen molar-refractivity contribution in [3.8, 4) is 6.07 Å². The number of nitriles is 1. The average molecular weight is 266 g/mol. The molecule has 0 aromatic carbocycles. The molecular formula is C14H22N2O3. The SMILES string of the molecule is CCOC(=O)C1CCN(C(=O)C(C)(C#N)CC)CC1. The number of esters is 1. The van der Waals surface area contributed by atoms with E-state index in [1.54, 1.807) is 18.7 Å². The number of hydrogen-bond donors (Lipinski definition) is 0. The fourth-order valence-corrected chi connectivity index (χ4v) is 2.21. The molecule has 5 heteroatoms. The van der Waals surface area contributed by atoms with Crippen LogP contribution in [0, 0.1) is 22.7 Å². The second kappa shape index (κ2) is 6.55. The zero-order chi connectivity index (χ0) is 14.5. The normalized spacial score (nSPS) is 19.4. The van der Waals surface area contributed by atoms with Crippen molar-refractivity contribution in [1.82, 2.24) is 4.90 Å². The van der Waals surface area contributed by atoms with Crippen LogP contribution in [-0.4, -0.2) is 36.5 Å². The summed E-state index contributed by atoms with van der Waals surface area (Å²) in [4.78, 5) is 25.6. The van der Waals surface area contributed by atoms with E-state index >= 15 is 0 Å². The lowest BCUT2D eigenvalue weighted by Gasteiger charge is -2.34. The minimum absolute atomic E-state index is 0.112. The van der Waals surface area contributed by atoms with Gasteiger partial charge < -0.3 is 9.64 Å². The van der Waals surface area contributed by atoms with Crippen LogP contribution >= 0.6 is 0 Å². The maximum absolute atomic E-state index is 12.3. The summed E-state index contributed by atoms with van der Waals surface area (Å²) in [6.45, 7) is 6.74. The molecule has 0 aromatic heterocycles. The number of amides is 1. The summed E-state index contributed by atoms with van der Waals surface area (Å²) in [5, 5.41) is 9.12. The van der Waals surface area contributed by atoms with Gasteiger partial charge in [-0.05, 0) is 33.1 Å². The van der Waals surface area contributed by atoms with Crippen LogP contribution in [-0.2, 0) is 14.3 Å². The van der Waals surface area contributed by atoms with Crippen molar-refractivity contribution < 1.29 is 14.3 Å². The molecule has 0 radical (unpaired) electrons. The third kappa shape index (κ3) is 3.46. The highest BCUT2D eigenvalue weighted by molar-refractivity contribution is 5.85. The maximum Gasteiger partial charge on any atom is 0.309 e. The first-order valence-corrected chi connectivity index (χ1v) is 6.85. The van der Waals surface area contributed by atoms with Crippen LogP contribution in [0.15, 0.2) is 0 Å². The van der Waals surface area contributed by atoms with Crippen molar-refractivity contribution in [2.24, 2.45) is 11.3 Å². The summed E-state index contributed by atoms with van der Waals surface area (Å²) >= 11 is 0. The molecule has 1 fully saturated rings. The summed E-state index contributed by atoms with van der Waals surface area (Å²) < 4.78 is 4.99. The standard InChI is InChI=1S/C14H22N2O3/c1-4-14(3,10-15)13(18)16-8-6-11(7-9-16)12(17)19-5-2/h11H,4-9H2,1-3H3. The molecular weight excluding hydrogens is 244 g/mol. The minimum atomic E-state index is -0.948. The fourth-order valence-electron chi connectivity index (χ4n) is 2.21. The lowest BCUT2D eigenvalue weighted by molar-refractivity contribution is -0.152. The predicted octanol–water partition coefficient (Wildman–Crippen LogP) is 1.73. The molecule has 0 saturated carbocycles. The van der Waals surface area contributed by atoms with Crippen LogP contribution in [0.25, 0.3) is 0 Å². The Bertz CT molecular complexity index is 381. The lowest BCUT2D eigenvalue weighted by Crippen LogP contribution is -2.46. The molecule has 1 amide bonds. The Morgan fingerprint density at radius 1 is 1.37 bits per heavy atom. The minimum Gasteiger partial charge on any atom is -0.466 e. The van der Waals surface area contributed by atoms with E-state index in [1.165, 1.54) is 0 Å². The van der Waals surface area contributed by atoms with Crippen molar-refractivity contribution in [2.75, 3.05) is 19.7 Å². The molecule has 1 rings (SSSR count). The van der Waals surface area contributed by atoms with Gasteiger partial charge in [-0.1, -0.05) is 6.92 Å². The first kappa shape index (κ1) is 15.5. The molecule has 0 aromatic rings. The molecule has 1 saturated heterocycles. The highest BCUT2D eigenvalue weighted by Crippen LogP contribution is 2.27. The molecule has 19 heavy (non-hydrogen) atoms. The van der Waals surface area contributed by atoms with E-state index in [0.717, 1.165) is 0 Å². The van der Waals surface area contributed by atoms with Crippen LogP contribution in [0.1, 0.15) is 40.0 Å². The quantitative estimate of drug-likeness (QED) is 0.726. The molecule has 0 bridgehead atoms. The van der Waals surface area contributed by atoms with Crippen LogP contribution in [0.3, 0.4) is 0 Å². The highest BCUT2D eigenvalue weighted by Gasteiger charge is 2.37. The number of likely N-dealkylation sites (tertiary alicyclic amines) is 1. The number of ether oxygens (including phenoxy) is 1. The summed E-state index contributed by atoms with van der Waals surface area (Å²) in [7, 11) is 0. The van der Waals surface area contributed by atoms with Crippen LogP contribution in [0.5, 0.6) is 0 Å². The van der Waals surface area contributed by atoms with Gasteiger partial charge in [0, 0.05) is 13.1 Å². The van der Waals surface area contributed by atoms with E-state index in [2.05, 4.69) is 6.07 Å². The average Bonchev–Trinajstić information content (AvgIpc) is 2.46. The number of piperidine rings is 1. The van der Waals surface area contributed by atoms with E-state index in [9.17, 15) is 9.59 Å². The molecule has 1 unspecified atom stereocenters. The van der Waals surface area contributed by atoms with E-state index in [1.807, 2.05) is 6.92 Å². The molecule has 1 heterocycles. The predicted molar refractivity (Wildman–Crippen MR) is 69.9 cm³/mol. The topological polar surface area (TPSA) is 70.4 Å². The van der Waals surface area contributed by atoms with Crippen molar-refractivity contribution in [3.63, 3.8) is 0 Å². The van der Waals surface area contributed by atoms with Gasteiger partial charge in [0.15, 0.2) is 0 Å². The van der Waals surface area contributed by atoms with Crippen molar-refractivity contribution >= 4 is 11.9 Å². The molecule has 0 aliphatic carbocycles. The van der Waals surface area contributed by atoms with Crippen LogP contribution in [0.4, 0.5) is 0 Å². The van der Waals surface area contributed by atoms with E-state index in [4.69, 9.17) is 10.00 Å². The highest BCUT2D eigenvalue weighted by atomic mass is 16.5. The Morgan fingerprint density at radius 2 is 1.95 bits per heavy atom. The molecule has 5 nitrogen and oxygen atoms in total. The molecule has 0 N–H and O–H groups in total. The zero-order valence-electron chi connectivity index (χ0n) is 11.9. The molecule has 1 atom stereocenters. The van der Waals surface area contributed by atoms with Gasteiger partial charge in [-0.3, -0.25) is 9.59 Å². The van der Waals surface area contributed by atoms with Gasteiger partial charge in [-0.25, -0.2) is 0 Å². The van der Waals surface area contributed by atoms with Gasteiger partial charge in [0.1, 0.15) is 5.41 Å². The van der Waals surface area contributed by atoms with E-state index in [-0.39, 0.29) is 17.8 Å². The monoisotopic (exact) mass is 266 g/mol. The van der Waals surface area contributed by atoms with E-state index < -0.39 is 5.41 Å². The largest absolute Gasteiger partial charge is 0.466 e. The van der Waals surface area contributed by atoms with Crippen LogP contribution in [0.2, 0.25) is 0 Å². The van der Waals surface area contributed by atoms with Gasteiger partial charge >= 0.3 is 5.97 Å². The van der Waals surface area contributed by atoms with E-state index in [0.29, 0.717) is 39.0 Å². The van der Waals surface area contributed by atoms with Gasteiger partial charge in [0.2, 0.25) is 5.91 Å². The third-order valence-corrected chi connectivity index (χ3v) is 3.83. The summed E-state index contributed by atoms with van der Waals surface area (Å²) in [6.07, 6.45) is 1.74. The number of nitrogens with zero attached hydrogens (tertiary/aromatic N) is 2. The summed E-state index contributed by atoms with van der Waals surface area (Å²) in [6, 6.07) is 2.10. The Labute approximate surface area is 114 Å². The third-order valence-electron chi connectivity index (χ3n) is 3.83. The number of carbonyl (C=O) groups is 2. The Morgan fingerprint density at radius 3 is 2.37 bits per heavy atom. The Kier molecular flexibility index (Phi) is 5.34. The zero-order valence-corrected chi connectivity index (χ0v) is 11.9. The molecule has 0 spiro atoms. The number of carbonyl (C=O) groups excluding carboxylic acids is 2. The van der Waals surface area contributed by atoms with Crippen molar-refractivity contribution in [2.45, 2.75) is 40.0 Å². The molecule has 1 aliphatic heterocycles. The first-order chi connectivity index (χ1) is 8.98. The van der Waals surface area contributed by atoms with Crippen molar-refractivity contribution in [1.29, 1.82) is 5.26 Å². The van der Waals surface area contributed by atoms with Gasteiger partial charge in [0.05, 0.1) is 18.6 Å². The Hall–Kier alpha value is -1.57. The second-order valence-corrected chi connectivity index (χ2v) is 5.12. The smallest absolute Gasteiger partial charge is 0.309 e. The maximum atomic E-state index is 12.3.